The number of nitrogens with zero attached hydrogens (tertiary/aromatic N) is 1. The monoisotopic (exact) mass is 326 g/mol. The zero-order chi connectivity index (χ0) is 14.8. The molecule has 19 heavy (non-hydrogen) atoms. The maximum atomic E-state index is 11.9. The smallest absolute Gasteiger partial charge is 0.375 e. The maximum Gasteiger partial charge on any atom is 0.478 e. The third kappa shape index (κ3) is 4.36. The van der Waals surface area contributed by atoms with E-state index in [2.05, 4.69) is 16.5 Å². The third-order valence-corrected chi connectivity index (χ3v) is 4.97. The Hall–Kier alpha value is -0.790. The number of para-hydroxylation sites is 1. The Bertz CT molecular complexity index is 588. The van der Waals surface area contributed by atoms with E-state index in [1.54, 1.807) is 25.1 Å². The standard InChI is InChI=1S/C8H12N2O6P2S/c1-6-4-2-3-5-7(6)10(8(9)19)17(11,12)16-18(13,14)15/h2-5H,1H3,(H2,9,19)(H,11,12)(H2,13,14,15). The van der Waals surface area contributed by atoms with E-state index in [0.717, 1.165) is 0 Å². The lowest BCUT2D eigenvalue weighted by Gasteiger charge is -2.27. The fraction of sp³-hybridized carbons (Fsp3) is 0.125. The van der Waals surface area contributed by atoms with Gasteiger partial charge in [-0.05, 0) is 30.8 Å². The normalized spacial score (nSPS) is 14.7. The molecule has 0 aliphatic rings. The van der Waals surface area contributed by atoms with Gasteiger partial charge in [-0.15, -0.1) is 0 Å². The molecule has 0 fully saturated rings. The molecule has 0 heterocycles. The Morgan fingerprint density at radius 2 is 1.84 bits per heavy atom. The molecule has 1 atom stereocenters. The quantitative estimate of drug-likeness (QED) is 0.476. The van der Waals surface area contributed by atoms with Crippen LogP contribution in [0.1, 0.15) is 5.56 Å². The summed E-state index contributed by atoms with van der Waals surface area (Å²) in [5, 5.41) is -0.548. The predicted molar refractivity (Wildman–Crippen MR) is 73.4 cm³/mol. The van der Waals surface area contributed by atoms with Gasteiger partial charge in [-0.1, -0.05) is 18.2 Å². The highest BCUT2D eigenvalue weighted by atomic mass is 32.1. The van der Waals surface area contributed by atoms with Crippen molar-refractivity contribution in [3.63, 3.8) is 0 Å². The van der Waals surface area contributed by atoms with Crippen LogP contribution < -0.4 is 10.4 Å². The van der Waals surface area contributed by atoms with Crippen molar-refractivity contribution in [1.82, 2.24) is 0 Å². The molecule has 11 heteroatoms. The molecule has 0 aromatic heterocycles. The summed E-state index contributed by atoms with van der Waals surface area (Å²) in [5.41, 5.74) is 5.98. The molecule has 0 saturated carbocycles. The number of phosphoric acid groups is 1. The van der Waals surface area contributed by atoms with E-state index in [1.165, 1.54) is 6.07 Å². The first kappa shape index (κ1) is 16.3. The second-order valence-corrected chi connectivity index (χ2v) is 6.93. The molecular formula is C8H12N2O6P2S. The molecule has 0 amide bonds. The zero-order valence-corrected chi connectivity index (χ0v) is 12.3. The van der Waals surface area contributed by atoms with E-state index in [4.69, 9.17) is 15.5 Å². The number of nitrogens with two attached hydrogens (primary N) is 1. The van der Waals surface area contributed by atoms with Crippen molar-refractivity contribution >= 4 is 38.6 Å². The molecule has 1 aromatic carbocycles. The van der Waals surface area contributed by atoms with Crippen LogP contribution in [0.2, 0.25) is 0 Å². The molecule has 8 nitrogen and oxygen atoms in total. The summed E-state index contributed by atoms with van der Waals surface area (Å²) in [6.45, 7) is 1.61. The molecular weight excluding hydrogens is 314 g/mol. The van der Waals surface area contributed by atoms with Gasteiger partial charge < -0.3 is 20.4 Å². The number of hydrogen-bond donors (Lipinski definition) is 4. The fourth-order valence-corrected chi connectivity index (χ4v) is 3.91. The number of anilines is 1. The highest BCUT2D eigenvalue weighted by Gasteiger charge is 2.39. The van der Waals surface area contributed by atoms with Gasteiger partial charge in [-0.3, -0.25) is 0 Å². The Kier molecular flexibility index (Phi) is 4.86. The average Bonchev–Trinajstić information content (AvgIpc) is 2.16. The van der Waals surface area contributed by atoms with E-state index in [9.17, 15) is 14.0 Å². The molecule has 0 aliphatic heterocycles. The Balaban J connectivity index is 3.31. The number of benzene rings is 1. The minimum Gasteiger partial charge on any atom is -0.375 e. The summed E-state index contributed by atoms with van der Waals surface area (Å²) in [5.74, 6) is 0. The van der Waals surface area contributed by atoms with Crippen LogP contribution >= 0.6 is 27.8 Å². The molecule has 1 aromatic rings. The Labute approximate surface area is 114 Å². The van der Waals surface area contributed by atoms with Gasteiger partial charge in [0.2, 0.25) is 0 Å². The predicted octanol–water partition coefficient (Wildman–Crippen LogP) is 1.25. The highest BCUT2D eigenvalue weighted by molar-refractivity contribution is 7.82. The molecule has 106 valence electrons. The summed E-state index contributed by atoms with van der Waals surface area (Å²) in [6, 6.07) is 6.24. The summed E-state index contributed by atoms with van der Waals surface area (Å²) in [6.07, 6.45) is 0. The third-order valence-electron chi connectivity index (χ3n) is 2.02. The lowest BCUT2D eigenvalue weighted by molar-refractivity contribution is 0.264. The summed E-state index contributed by atoms with van der Waals surface area (Å²) in [4.78, 5) is 26.9. The van der Waals surface area contributed by atoms with Crippen molar-refractivity contribution in [3.8, 4) is 0 Å². The second-order valence-electron chi connectivity index (χ2n) is 3.50. The Morgan fingerprint density at radius 3 is 2.26 bits per heavy atom. The molecule has 0 spiro atoms. The van der Waals surface area contributed by atoms with E-state index >= 15 is 0 Å². The minimum atomic E-state index is -5.19. The maximum absolute atomic E-state index is 11.9. The van der Waals surface area contributed by atoms with Crippen LogP contribution in [0.4, 0.5) is 5.69 Å². The number of rotatable bonds is 4. The topological polar surface area (TPSA) is 133 Å². The van der Waals surface area contributed by atoms with Gasteiger partial charge in [0.25, 0.3) is 0 Å². The molecule has 0 radical (unpaired) electrons. The van der Waals surface area contributed by atoms with Gasteiger partial charge in [0.05, 0.1) is 5.69 Å². The van der Waals surface area contributed by atoms with Crippen molar-refractivity contribution in [2.45, 2.75) is 6.92 Å². The Morgan fingerprint density at radius 1 is 1.32 bits per heavy atom. The van der Waals surface area contributed by atoms with Crippen LogP contribution in [0.3, 0.4) is 0 Å². The lowest BCUT2D eigenvalue weighted by Crippen LogP contribution is -2.33. The van der Waals surface area contributed by atoms with Crippen LogP contribution in [0, 0.1) is 6.92 Å². The van der Waals surface area contributed by atoms with Crippen LogP contribution in [0.15, 0.2) is 24.3 Å². The second kappa shape index (κ2) is 5.68. The van der Waals surface area contributed by atoms with Crippen LogP contribution in [0.25, 0.3) is 0 Å². The van der Waals surface area contributed by atoms with Crippen molar-refractivity contribution in [1.29, 1.82) is 0 Å². The molecule has 0 aliphatic carbocycles. The first-order valence-corrected chi connectivity index (χ1v) is 8.27. The molecule has 0 bridgehead atoms. The van der Waals surface area contributed by atoms with E-state index < -0.39 is 20.7 Å². The van der Waals surface area contributed by atoms with E-state index in [0.29, 0.717) is 10.2 Å². The first-order chi connectivity index (χ1) is 8.54. The van der Waals surface area contributed by atoms with Crippen molar-refractivity contribution in [2.75, 3.05) is 4.67 Å². The van der Waals surface area contributed by atoms with Gasteiger partial charge in [0.1, 0.15) is 0 Å². The zero-order valence-electron chi connectivity index (χ0n) is 9.70. The van der Waals surface area contributed by atoms with Crippen molar-refractivity contribution in [2.24, 2.45) is 5.73 Å². The number of thiocarbonyl (C=S) groups is 1. The van der Waals surface area contributed by atoms with Gasteiger partial charge in [-0.25, -0.2) is 13.8 Å². The van der Waals surface area contributed by atoms with Crippen molar-refractivity contribution in [3.05, 3.63) is 29.8 Å². The van der Waals surface area contributed by atoms with E-state index in [-0.39, 0.29) is 5.69 Å². The summed E-state index contributed by atoms with van der Waals surface area (Å²) in [7, 11) is -10.1. The molecule has 1 rings (SSSR count). The first-order valence-electron chi connectivity index (χ1n) is 4.80. The van der Waals surface area contributed by atoms with Crippen LogP contribution in [-0.4, -0.2) is 19.8 Å². The average molecular weight is 326 g/mol. The van der Waals surface area contributed by atoms with Gasteiger partial charge >= 0.3 is 15.6 Å². The SMILES string of the molecule is Cc1ccccc1N(C(N)=S)P(=O)(O)OP(=O)(O)O. The van der Waals surface area contributed by atoms with Crippen molar-refractivity contribution < 1.29 is 28.1 Å². The molecule has 5 N–H and O–H groups in total. The van der Waals surface area contributed by atoms with Gasteiger partial charge in [0, 0.05) is 0 Å². The van der Waals surface area contributed by atoms with Gasteiger partial charge in [0.15, 0.2) is 5.11 Å². The minimum absolute atomic E-state index is 0.120. The fourth-order valence-electron chi connectivity index (χ4n) is 1.36. The summed E-state index contributed by atoms with van der Waals surface area (Å²) >= 11 is 4.63. The van der Waals surface area contributed by atoms with Gasteiger partial charge in [-0.2, -0.15) is 4.31 Å². The highest BCUT2D eigenvalue weighted by Crippen LogP contribution is 2.60. The number of hydrogen-bond acceptors (Lipinski definition) is 4. The largest absolute Gasteiger partial charge is 0.478 e. The van der Waals surface area contributed by atoms with E-state index in [1.807, 2.05) is 0 Å². The molecule has 0 saturated heterocycles. The lowest BCUT2D eigenvalue weighted by atomic mass is 10.2. The van der Waals surface area contributed by atoms with Crippen LogP contribution in [-0.2, 0) is 13.4 Å². The molecule has 1 unspecified atom stereocenters. The number of aryl methyl sites for hydroxylation is 1. The van der Waals surface area contributed by atoms with Crippen LogP contribution in [0.5, 0.6) is 0 Å². The summed E-state index contributed by atoms with van der Waals surface area (Å²) < 4.78 is 27.0.